The third-order valence-electron chi connectivity index (χ3n) is 4.19. The molecule has 0 aliphatic carbocycles. The molecule has 0 atom stereocenters. The molecule has 0 radical (unpaired) electrons. The largest absolute Gasteiger partial charge is 0.381 e. The number of amides is 2. The smallest absolute Gasteiger partial charge is 0.234 e. The summed E-state index contributed by atoms with van der Waals surface area (Å²) in [5.41, 5.74) is 6.70. The third kappa shape index (κ3) is 2.97. The standard InChI is InChI=1S/C15H19N3O3S/c16-9-15(3-5-21-6-4-15)14(20)17-10-1-2-12-11(7-10)18-13(19)8-22-12/h1-2,7H,3-6,8-9,16H2,(H,17,20)(H,18,19). The molecule has 1 aromatic carbocycles. The van der Waals surface area contributed by atoms with Gasteiger partial charge in [-0.25, -0.2) is 0 Å². The minimum atomic E-state index is -0.563. The van der Waals surface area contributed by atoms with E-state index in [1.807, 2.05) is 12.1 Å². The zero-order valence-corrected chi connectivity index (χ0v) is 13.0. The molecular formula is C15H19N3O3S. The lowest BCUT2D eigenvalue weighted by atomic mass is 9.79. The second-order valence-electron chi connectivity index (χ2n) is 5.60. The molecular weight excluding hydrogens is 302 g/mol. The van der Waals surface area contributed by atoms with Gasteiger partial charge in [-0.3, -0.25) is 9.59 Å². The number of nitrogens with one attached hydrogen (secondary N) is 2. The van der Waals surface area contributed by atoms with Crippen LogP contribution in [-0.2, 0) is 14.3 Å². The van der Waals surface area contributed by atoms with Crippen molar-refractivity contribution in [2.24, 2.45) is 11.1 Å². The van der Waals surface area contributed by atoms with E-state index in [0.717, 1.165) is 10.6 Å². The molecule has 1 saturated heterocycles. The summed E-state index contributed by atoms with van der Waals surface area (Å²) >= 11 is 1.49. The van der Waals surface area contributed by atoms with Crippen LogP contribution in [0.25, 0.3) is 0 Å². The van der Waals surface area contributed by atoms with Gasteiger partial charge in [0.05, 0.1) is 16.9 Å². The Balaban J connectivity index is 1.76. The van der Waals surface area contributed by atoms with Crippen LogP contribution in [-0.4, -0.2) is 37.3 Å². The monoisotopic (exact) mass is 321 g/mol. The molecule has 2 amide bonds. The van der Waals surface area contributed by atoms with E-state index in [-0.39, 0.29) is 11.8 Å². The molecule has 2 aliphatic rings. The molecule has 2 aliphatic heterocycles. The van der Waals surface area contributed by atoms with Crippen molar-refractivity contribution in [3.8, 4) is 0 Å². The molecule has 2 heterocycles. The predicted molar refractivity (Wildman–Crippen MR) is 86.0 cm³/mol. The van der Waals surface area contributed by atoms with Crippen molar-refractivity contribution in [2.75, 3.05) is 36.1 Å². The fourth-order valence-electron chi connectivity index (χ4n) is 2.71. The Morgan fingerprint density at radius 2 is 2.18 bits per heavy atom. The van der Waals surface area contributed by atoms with Crippen LogP contribution in [0.5, 0.6) is 0 Å². The Hall–Kier alpha value is -1.57. The quantitative estimate of drug-likeness (QED) is 0.783. The average molecular weight is 321 g/mol. The number of anilines is 2. The summed E-state index contributed by atoms with van der Waals surface area (Å²) in [7, 11) is 0. The van der Waals surface area contributed by atoms with Gasteiger partial charge in [-0.15, -0.1) is 11.8 Å². The second-order valence-corrected chi connectivity index (χ2v) is 6.62. The fourth-order valence-corrected chi connectivity index (χ4v) is 3.50. The zero-order valence-electron chi connectivity index (χ0n) is 12.2. The molecule has 4 N–H and O–H groups in total. The second kappa shape index (κ2) is 6.28. The summed E-state index contributed by atoms with van der Waals surface area (Å²) in [6, 6.07) is 5.56. The van der Waals surface area contributed by atoms with Crippen LogP contribution in [0.4, 0.5) is 11.4 Å². The van der Waals surface area contributed by atoms with Gasteiger partial charge in [-0.2, -0.15) is 0 Å². The first-order valence-electron chi connectivity index (χ1n) is 7.29. The molecule has 6 nitrogen and oxygen atoms in total. The molecule has 0 unspecified atom stereocenters. The lowest BCUT2D eigenvalue weighted by molar-refractivity contribution is -0.130. The van der Waals surface area contributed by atoms with E-state index >= 15 is 0 Å². The molecule has 0 saturated carbocycles. The molecule has 118 valence electrons. The Morgan fingerprint density at radius 1 is 1.41 bits per heavy atom. The van der Waals surface area contributed by atoms with Crippen LogP contribution in [0.1, 0.15) is 12.8 Å². The third-order valence-corrected chi connectivity index (χ3v) is 5.27. The topological polar surface area (TPSA) is 93.5 Å². The van der Waals surface area contributed by atoms with Gasteiger partial charge in [-0.1, -0.05) is 0 Å². The van der Waals surface area contributed by atoms with Gasteiger partial charge in [-0.05, 0) is 31.0 Å². The van der Waals surface area contributed by atoms with E-state index in [1.165, 1.54) is 11.8 Å². The van der Waals surface area contributed by atoms with Crippen molar-refractivity contribution in [3.05, 3.63) is 18.2 Å². The van der Waals surface area contributed by atoms with Crippen molar-refractivity contribution in [2.45, 2.75) is 17.7 Å². The van der Waals surface area contributed by atoms with Crippen molar-refractivity contribution in [1.82, 2.24) is 0 Å². The fraction of sp³-hybridized carbons (Fsp3) is 0.467. The summed E-state index contributed by atoms with van der Waals surface area (Å²) in [5, 5.41) is 5.75. The minimum Gasteiger partial charge on any atom is -0.381 e. The lowest BCUT2D eigenvalue weighted by Crippen LogP contribution is -2.46. The van der Waals surface area contributed by atoms with Crippen molar-refractivity contribution in [1.29, 1.82) is 0 Å². The number of rotatable bonds is 3. The van der Waals surface area contributed by atoms with Gasteiger partial charge >= 0.3 is 0 Å². The number of benzene rings is 1. The van der Waals surface area contributed by atoms with E-state index in [4.69, 9.17) is 10.5 Å². The van der Waals surface area contributed by atoms with Crippen LogP contribution in [0.2, 0.25) is 0 Å². The summed E-state index contributed by atoms with van der Waals surface area (Å²) < 4.78 is 5.33. The van der Waals surface area contributed by atoms with Gasteiger partial charge in [0, 0.05) is 30.3 Å². The van der Waals surface area contributed by atoms with Gasteiger partial charge in [0.25, 0.3) is 0 Å². The minimum absolute atomic E-state index is 0.0242. The predicted octanol–water partition coefficient (Wildman–Crippen LogP) is 1.42. The van der Waals surface area contributed by atoms with Gasteiger partial charge in [0.15, 0.2) is 0 Å². The number of ether oxygens (including phenoxy) is 1. The maximum atomic E-state index is 12.6. The van der Waals surface area contributed by atoms with Crippen LogP contribution in [0.15, 0.2) is 23.1 Å². The van der Waals surface area contributed by atoms with Crippen molar-refractivity contribution in [3.63, 3.8) is 0 Å². The molecule has 0 aromatic heterocycles. The molecule has 7 heteroatoms. The maximum Gasteiger partial charge on any atom is 0.234 e. The van der Waals surface area contributed by atoms with Crippen LogP contribution < -0.4 is 16.4 Å². The molecule has 22 heavy (non-hydrogen) atoms. The molecule has 0 spiro atoms. The number of hydrogen-bond acceptors (Lipinski definition) is 5. The number of carbonyl (C=O) groups excluding carboxylic acids is 2. The highest BCUT2D eigenvalue weighted by Crippen LogP contribution is 2.35. The van der Waals surface area contributed by atoms with Gasteiger partial charge < -0.3 is 21.1 Å². The van der Waals surface area contributed by atoms with E-state index in [9.17, 15) is 9.59 Å². The highest BCUT2D eigenvalue weighted by Gasteiger charge is 2.38. The maximum absolute atomic E-state index is 12.6. The molecule has 1 aromatic rings. The number of carbonyl (C=O) groups is 2. The average Bonchev–Trinajstić information content (AvgIpc) is 2.55. The van der Waals surface area contributed by atoms with E-state index in [0.29, 0.717) is 44.0 Å². The summed E-state index contributed by atoms with van der Waals surface area (Å²) in [6.07, 6.45) is 1.26. The first-order chi connectivity index (χ1) is 10.6. The van der Waals surface area contributed by atoms with Crippen molar-refractivity contribution >= 4 is 35.0 Å². The molecule has 3 rings (SSSR count). The van der Waals surface area contributed by atoms with E-state index in [1.54, 1.807) is 6.07 Å². The SMILES string of the molecule is NCC1(C(=O)Nc2ccc3c(c2)NC(=O)CS3)CCOCC1. The molecule has 1 fully saturated rings. The number of fused-ring (bicyclic) bond motifs is 1. The zero-order chi connectivity index (χ0) is 15.6. The first kappa shape index (κ1) is 15.3. The molecule has 0 bridgehead atoms. The Kier molecular flexibility index (Phi) is 4.37. The van der Waals surface area contributed by atoms with Crippen molar-refractivity contribution < 1.29 is 14.3 Å². The van der Waals surface area contributed by atoms with Crippen LogP contribution in [0.3, 0.4) is 0 Å². The van der Waals surface area contributed by atoms with E-state index < -0.39 is 5.41 Å². The summed E-state index contributed by atoms with van der Waals surface area (Å²) in [5.74, 6) is 0.325. The lowest BCUT2D eigenvalue weighted by Gasteiger charge is -2.34. The Morgan fingerprint density at radius 3 is 2.91 bits per heavy atom. The number of thioether (sulfide) groups is 1. The highest BCUT2D eigenvalue weighted by atomic mass is 32.2. The highest BCUT2D eigenvalue weighted by molar-refractivity contribution is 8.00. The number of nitrogens with two attached hydrogens (primary N) is 1. The van der Waals surface area contributed by atoms with Gasteiger partial charge in [0.2, 0.25) is 11.8 Å². The van der Waals surface area contributed by atoms with Gasteiger partial charge in [0.1, 0.15) is 0 Å². The van der Waals surface area contributed by atoms with E-state index in [2.05, 4.69) is 10.6 Å². The van der Waals surface area contributed by atoms with Crippen LogP contribution in [0, 0.1) is 5.41 Å². The number of hydrogen-bond donors (Lipinski definition) is 3. The summed E-state index contributed by atoms with van der Waals surface area (Å²) in [4.78, 5) is 25.1. The Bertz CT molecular complexity index is 600. The van der Waals surface area contributed by atoms with Crippen LogP contribution >= 0.6 is 11.8 Å². The normalized spacial score (nSPS) is 20.0. The summed E-state index contributed by atoms with van der Waals surface area (Å²) in [6.45, 7) is 1.42. The Labute approximate surface area is 133 Å². The first-order valence-corrected chi connectivity index (χ1v) is 8.27.